The lowest BCUT2D eigenvalue weighted by Gasteiger charge is -2.11. The van der Waals surface area contributed by atoms with E-state index in [-0.39, 0.29) is 48.9 Å². The first-order valence-corrected chi connectivity index (χ1v) is 8.93. The van der Waals surface area contributed by atoms with Crippen molar-refractivity contribution in [3.05, 3.63) is 54.3 Å². The summed E-state index contributed by atoms with van der Waals surface area (Å²) in [7, 11) is 0. The molecule has 30 heavy (non-hydrogen) atoms. The van der Waals surface area contributed by atoms with Crippen LogP contribution in [-0.4, -0.2) is 45.4 Å². The number of nitro benzene ring substituents is 1. The van der Waals surface area contributed by atoms with Crippen LogP contribution in [0.15, 0.2) is 26.8 Å². The van der Waals surface area contributed by atoms with Gasteiger partial charge >= 0.3 is 11.4 Å². The highest BCUT2D eigenvalue weighted by Gasteiger charge is 2.22. The molecule has 1 amide bonds. The third-order valence-electron chi connectivity index (χ3n) is 3.62. The Bertz CT molecular complexity index is 1060. The van der Waals surface area contributed by atoms with Crippen molar-refractivity contribution < 1.29 is 19.2 Å². The van der Waals surface area contributed by atoms with Crippen LogP contribution in [-0.2, 0) is 11.2 Å². The fraction of sp³-hybridized carbons (Fsp3) is 0.353. The number of rotatable bonds is 10. The Hall–Kier alpha value is -4.03. The SMILES string of the molecule is CCOc1cc(/C=N/NC(=O)CCc2n[nH]c(=O)[nH]c2=O)cc([N+](=O)[O-])c1OCC. The Labute approximate surface area is 169 Å². The fourth-order valence-electron chi connectivity index (χ4n) is 2.38. The van der Waals surface area contributed by atoms with E-state index in [4.69, 9.17) is 9.47 Å². The van der Waals surface area contributed by atoms with Crippen molar-refractivity contribution in [3.8, 4) is 11.5 Å². The highest BCUT2D eigenvalue weighted by Crippen LogP contribution is 2.38. The van der Waals surface area contributed by atoms with E-state index in [1.807, 2.05) is 4.98 Å². The second-order valence-electron chi connectivity index (χ2n) is 5.74. The van der Waals surface area contributed by atoms with Crippen molar-refractivity contribution in [3.63, 3.8) is 0 Å². The lowest BCUT2D eigenvalue weighted by molar-refractivity contribution is -0.385. The summed E-state index contributed by atoms with van der Waals surface area (Å²) >= 11 is 0. The van der Waals surface area contributed by atoms with Crippen LogP contribution in [0.25, 0.3) is 0 Å². The molecule has 0 spiro atoms. The van der Waals surface area contributed by atoms with Crippen molar-refractivity contribution in [2.24, 2.45) is 5.10 Å². The van der Waals surface area contributed by atoms with Gasteiger partial charge < -0.3 is 9.47 Å². The van der Waals surface area contributed by atoms with Gasteiger partial charge in [-0.25, -0.2) is 15.3 Å². The summed E-state index contributed by atoms with van der Waals surface area (Å²) in [6, 6.07) is 2.74. The van der Waals surface area contributed by atoms with Gasteiger partial charge in [0.1, 0.15) is 5.69 Å². The molecule has 0 aliphatic carbocycles. The summed E-state index contributed by atoms with van der Waals surface area (Å²) in [5.41, 5.74) is 0.844. The van der Waals surface area contributed by atoms with Crippen LogP contribution in [0.2, 0.25) is 0 Å². The third kappa shape index (κ3) is 5.98. The molecule has 0 unspecified atom stereocenters. The highest BCUT2D eigenvalue weighted by atomic mass is 16.6. The van der Waals surface area contributed by atoms with Gasteiger partial charge in [0.25, 0.3) is 5.56 Å². The molecule has 2 rings (SSSR count). The maximum Gasteiger partial charge on any atom is 0.342 e. The maximum absolute atomic E-state index is 11.9. The number of amides is 1. The molecular weight excluding hydrogens is 400 g/mol. The van der Waals surface area contributed by atoms with E-state index in [1.54, 1.807) is 13.8 Å². The van der Waals surface area contributed by atoms with Crippen molar-refractivity contribution in [1.82, 2.24) is 20.6 Å². The lowest BCUT2D eigenvalue weighted by atomic mass is 10.2. The average molecular weight is 420 g/mol. The molecule has 13 nitrogen and oxygen atoms in total. The zero-order valence-electron chi connectivity index (χ0n) is 16.3. The third-order valence-corrected chi connectivity index (χ3v) is 3.62. The zero-order valence-corrected chi connectivity index (χ0v) is 16.3. The van der Waals surface area contributed by atoms with E-state index in [0.29, 0.717) is 5.56 Å². The quantitative estimate of drug-likeness (QED) is 0.277. The van der Waals surface area contributed by atoms with Gasteiger partial charge in [-0.2, -0.15) is 10.2 Å². The first kappa shape index (κ1) is 22.3. The van der Waals surface area contributed by atoms with E-state index in [0.717, 1.165) is 0 Å². The second kappa shape index (κ2) is 10.5. The molecule has 1 aromatic heterocycles. The van der Waals surface area contributed by atoms with Crippen LogP contribution in [0.1, 0.15) is 31.5 Å². The van der Waals surface area contributed by atoms with Gasteiger partial charge in [0.15, 0.2) is 5.75 Å². The number of nitro groups is 1. The molecule has 0 aliphatic heterocycles. The lowest BCUT2D eigenvalue weighted by Crippen LogP contribution is -2.28. The van der Waals surface area contributed by atoms with Gasteiger partial charge in [0.05, 0.1) is 24.4 Å². The smallest absolute Gasteiger partial charge is 0.342 e. The molecule has 160 valence electrons. The van der Waals surface area contributed by atoms with Crippen LogP contribution in [0, 0.1) is 10.1 Å². The Morgan fingerprint density at radius 2 is 2.03 bits per heavy atom. The van der Waals surface area contributed by atoms with Gasteiger partial charge in [-0.05, 0) is 19.9 Å². The number of nitrogens with one attached hydrogen (secondary N) is 3. The first-order chi connectivity index (χ1) is 14.3. The van der Waals surface area contributed by atoms with Gasteiger partial charge in [-0.1, -0.05) is 0 Å². The van der Waals surface area contributed by atoms with Crippen LogP contribution >= 0.6 is 0 Å². The predicted molar refractivity (Wildman–Crippen MR) is 105 cm³/mol. The summed E-state index contributed by atoms with van der Waals surface area (Å²) in [4.78, 5) is 47.1. The molecule has 0 aliphatic rings. The normalized spacial score (nSPS) is 10.7. The molecule has 0 saturated heterocycles. The Balaban J connectivity index is 2.08. The molecule has 0 fully saturated rings. The molecule has 3 N–H and O–H groups in total. The number of hydrazone groups is 1. The Morgan fingerprint density at radius 1 is 1.30 bits per heavy atom. The molecule has 1 heterocycles. The minimum atomic E-state index is -0.742. The first-order valence-electron chi connectivity index (χ1n) is 8.93. The number of hydrogen-bond acceptors (Lipinski definition) is 9. The summed E-state index contributed by atoms with van der Waals surface area (Å²) in [5, 5.41) is 20.8. The molecule has 0 radical (unpaired) electrons. The number of aromatic amines is 2. The monoisotopic (exact) mass is 420 g/mol. The molecule has 0 saturated carbocycles. The standard InChI is InChI=1S/C17H20N6O7/c1-3-29-13-8-10(7-12(23(27)28)15(13)30-4-2)9-18-21-14(24)6-5-11-16(25)19-17(26)22-20-11/h7-9H,3-6H2,1-2H3,(H,21,24)(H2,19,22,25,26)/b18-9+. The fourth-order valence-corrected chi connectivity index (χ4v) is 2.38. The van der Waals surface area contributed by atoms with Gasteiger partial charge in [0, 0.05) is 24.5 Å². The summed E-state index contributed by atoms with van der Waals surface area (Å²) in [6.07, 6.45) is 1.08. The minimum absolute atomic E-state index is 0.00257. The summed E-state index contributed by atoms with van der Waals surface area (Å²) < 4.78 is 10.7. The number of aryl methyl sites for hydroxylation is 1. The van der Waals surface area contributed by atoms with E-state index in [2.05, 4.69) is 20.7 Å². The highest BCUT2D eigenvalue weighted by molar-refractivity contribution is 5.85. The number of nitrogens with zero attached hydrogens (tertiary/aromatic N) is 3. The topological polar surface area (TPSA) is 182 Å². The van der Waals surface area contributed by atoms with E-state index in [1.165, 1.54) is 18.3 Å². The number of carbonyl (C=O) groups is 1. The van der Waals surface area contributed by atoms with Crippen molar-refractivity contribution >= 4 is 17.8 Å². The number of benzene rings is 1. The second-order valence-corrected chi connectivity index (χ2v) is 5.74. The molecule has 0 bridgehead atoms. The number of carbonyl (C=O) groups excluding carboxylic acids is 1. The van der Waals surface area contributed by atoms with Crippen molar-refractivity contribution in [2.45, 2.75) is 26.7 Å². The maximum atomic E-state index is 11.9. The molecule has 2 aromatic rings. The van der Waals surface area contributed by atoms with Gasteiger partial charge in [-0.3, -0.25) is 24.7 Å². The van der Waals surface area contributed by atoms with E-state index < -0.39 is 22.1 Å². The Morgan fingerprint density at radius 3 is 2.67 bits per heavy atom. The summed E-state index contributed by atoms with van der Waals surface area (Å²) in [5.74, 6) is -0.321. The van der Waals surface area contributed by atoms with Crippen LogP contribution in [0.5, 0.6) is 11.5 Å². The molecule has 1 aromatic carbocycles. The van der Waals surface area contributed by atoms with Crippen LogP contribution in [0.4, 0.5) is 5.69 Å². The zero-order chi connectivity index (χ0) is 22.1. The molecule has 13 heteroatoms. The van der Waals surface area contributed by atoms with Gasteiger partial charge in [-0.15, -0.1) is 0 Å². The van der Waals surface area contributed by atoms with Gasteiger partial charge in [0.2, 0.25) is 11.7 Å². The molecular formula is C17H20N6O7. The number of aromatic nitrogens is 3. The van der Waals surface area contributed by atoms with E-state index in [9.17, 15) is 24.5 Å². The van der Waals surface area contributed by atoms with Crippen LogP contribution < -0.4 is 26.1 Å². The van der Waals surface area contributed by atoms with Crippen LogP contribution in [0.3, 0.4) is 0 Å². The van der Waals surface area contributed by atoms with Crippen molar-refractivity contribution in [2.75, 3.05) is 13.2 Å². The Kier molecular flexibility index (Phi) is 7.79. The summed E-state index contributed by atoms with van der Waals surface area (Å²) in [6.45, 7) is 3.91. The number of ether oxygens (including phenoxy) is 2. The average Bonchev–Trinajstić information content (AvgIpc) is 2.69. The predicted octanol–water partition coefficient (Wildman–Crippen LogP) is 0.247. The number of H-pyrrole nitrogens is 2. The number of hydrogen-bond donors (Lipinski definition) is 3. The molecule has 0 atom stereocenters. The largest absolute Gasteiger partial charge is 0.490 e. The van der Waals surface area contributed by atoms with Crippen molar-refractivity contribution in [1.29, 1.82) is 0 Å². The van der Waals surface area contributed by atoms with E-state index >= 15 is 0 Å². The minimum Gasteiger partial charge on any atom is -0.490 e.